The minimum atomic E-state index is 0.415. The van der Waals surface area contributed by atoms with E-state index in [1.807, 2.05) is 19.2 Å². The van der Waals surface area contributed by atoms with E-state index in [0.29, 0.717) is 12.1 Å². The van der Waals surface area contributed by atoms with Gasteiger partial charge in [0.2, 0.25) is 0 Å². The molecule has 0 unspecified atom stereocenters. The smallest absolute Gasteiger partial charge is 0.0603 e. The highest BCUT2D eigenvalue weighted by Gasteiger charge is 2.18. The lowest BCUT2D eigenvalue weighted by atomic mass is 9.91. The Morgan fingerprint density at radius 1 is 1.33 bits per heavy atom. The lowest BCUT2D eigenvalue weighted by molar-refractivity contribution is 0.411. The summed E-state index contributed by atoms with van der Waals surface area (Å²) in [6.45, 7) is 2.04. The highest BCUT2D eigenvalue weighted by atomic mass is 14.9. The third-order valence-corrected chi connectivity index (χ3v) is 3.14. The summed E-state index contributed by atoms with van der Waals surface area (Å²) in [4.78, 5) is 4.27. The molecular weight excluding hydrogens is 186 g/mol. The van der Waals surface area contributed by atoms with Gasteiger partial charge in [-0.2, -0.15) is 0 Å². The fourth-order valence-corrected chi connectivity index (χ4v) is 2.12. The lowest BCUT2D eigenvalue weighted by Gasteiger charge is -2.27. The number of aryl methyl sites for hydroxylation is 1. The molecule has 1 aliphatic carbocycles. The average Bonchev–Trinajstić information content (AvgIpc) is 2.25. The van der Waals surface area contributed by atoms with E-state index in [0.717, 1.165) is 24.2 Å². The van der Waals surface area contributed by atoms with Gasteiger partial charge in [0.05, 0.1) is 11.4 Å². The van der Waals surface area contributed by atoms with Crippen molar-refractivity contribution in [3.8, 4) is 0 Å². The molecule has 3 nitrogen and oxygen atoms in total. The molecule has 1 aliphatic rings. The number of hydrogen-bond donors (Lipinski definition) is 2. The Morgan fingerprint density at radius 2 is 2.07 bits per heavy atom. The first-order valence-electron chi connectivity index (χ1n) is 5.69. The van der Waals surface area contributed by atoms with Crippen molar-refractivity contribution < 1.29 is 0 Å². The van der Waals surface area contributed by atoms with Gasteiger partial charge in [0.15, 0.2) is 0 Å². The fraction of sp³-hybridized carbons (Fsp3) is 0.583. The summed E-state index contributed by atoms with van der Waals surface area (Å²) in [5.41, 5.74) is 8.12. The van der Waals surface area contributed by atoms with E-state index in [-0.39, 0.29) is 0 Å². The zero-order valence-electron chi connectivity index (χ0n) is 9.24. The Bertz CT molecular complexity index is 316. The van der Waals surface area contributed by atoms with E-state index in [1.165, 1.54) is 12.8 Å². The molecule has 0 saturated heterocycles. The van der Waals surface area contributed by atoms with Crippen LogP contribution in [0.15, 0.2) is 18.3 Å². The van der Waals surface area contributed by atoms with Crippen LogP contribution in [0.2, 0.25) is 0 Å². The summed E-state index contributed by atoms with van der Waals surface area (Å²) in [5.74, 6) is 0. The van der Waals surface area contributed by atoms with Gasteiger partial charge in [-0.1, -0.05) is 0 Å². The van der Waals surface area contributed by atoms with Gasteiger partial charge in [-0.05, 0) is 44.7 Å². The van der Waals surface area contributed by atoms with Gasteiger partial charge in [-0.15, -0.1) is 0 Å². The van der Waals surface area contributed by atoms with Crippen LogP contribution in [0.1, 0.15) is 31.4 Å². The van der Waals surface area contributed by atoms with Crippen molar-refractivity contribution in [1.82, 2.24) is 4.98 Å². The molecule has 1 fully saturated rings. The molecule has 1 saturated carbocycles. The van der Waals surface area contributed by atoms with Crippen LogP contribution >= 0.6 is 0 Å². The first kappa shape index (κ1) is 10.4. The molecule has 0 amide bonds. The minimum Gasteiger partial charge on any atom is -0.381 e. The van der Waals surface area contributed by atoms with Crippen LogP contribution in [0.25, 0.3) is 0 Å². The van der Waals surface area contributed by atoms with Crippen LogP contribution in [0.5, 0.6) is 0 Å². The summed E-state index contributed by atoms with van der Waals surface area (Å²) in [6, 6.07) is 5.06. The SMILES string of the molecule is Cc1ncccc1NC1CCC(N)CC1. The van der Waals surface area contributed by atoms with E-state index >= 15 is 0 Å². The molecule has 1 aromatic heterocycles. The number of nitrogens with one attached hydrogen (secondary N) is 1. The number of nitrogens with zero attached hydrogens (tertiary/aromatic N) is 1. The molecular formula is C12H19N3. The summed E-state index contributed by atoms with van der Waals surface area (Å²) >= 11 is 0. The minimum absolute atomic E-state index is 0.415. The van der Waals surface area contributed by atoms with Crippen molar-refractivity contribution in [2.45, 2.75) is 44.7 Å². The van der Waals surface area contributed by atoms with Crippen molar-refractivity contribution in [2.24, 2.45) is 5.73 Å². The number of pyridine rings is 1. The maximum atomic E-state index is 5.88. The second kappa shape index (κ2) is 4.62. The van der Waals surface area contributed by atoms with Crippen LogP contribution in [-0.2, 0) is 0 Å². The first-order chi connectivity index (χ1) is 7.25. The van der Waals surface area contributed by atoms with Gasteiger partial charge in [-0.25, -0.2) is 0 Å². The number of aromatic nitrogens is 1. The van der Waals surface area contributed by atoms with E-state index < -0.39 is 0 Å². The zero-order chi connectivity index (χ0) is 10.7. The Balaban J connectivity index is 1.95. The molecule has 1 aromatic rings. The van der Waals surface area contributed by atoms with Crippen molar-refractivity contribution in [1.29, 1.82) is 0 Å². The van der Waals surface area contributed by atoms with Crippen LogP contribution in [0.3, 0.4) is 0 Å². The highest BCUT2D eigenvalue weighted by Crippen LogP contribution is 2.22. The summed E-state index contributed by atoms with van der Waals surface area (Å²) in [5, 5.41) is 3.55. The second-order valence-corrected chi connectivity index (χ2v) is 4.39. The van der Waals surface area contributed by atoms with Gasteiger partial charge in [-0.3, -0.25) is 4.98 Å². The van der Waals surface area contributed by atoms with E-state index in [1.54, 1.807) is 0 Å². The van der Waals surface area contributed by atoms with Crippen molar-refractivity contribution >= 4 is 5.69 Å². The molecule has 2 rings (SSSR count). The fourth-order valence-electron chi connectivity index (χ4n) is 2.12. The molecule has 0 spiro atoms. The van der Waals surface area contributed by atoms with Crippen molar-refractivity contribution in [2.75, 3.05) is 5.32 Å². The maximum Gasteiger partial charge on any atom is 0.0603 e. The molecule has 15 heavy (non-hydrogen) atoms. The maximum absolute atomic E-state index is 5.88. The Hall–Kier alpha value is -1.09. The largest absolute Gasteiger partial charge is 0.381 e. The van der Waals surface area contributed by atoms with Crippen LogP contribution in [0, 0.1) is 6.92 Å². The zero-order valence-corrected chi connectivity index (χ0v) is 9.24. The van der Waals surface area contributed by atoms with Crippen LogP contribution in [-0.4, -0.2) is 17.1 Å². The number of hydrogen-bond acceptors (Lipinski definition) is 3. The van der Waals surface area contributed by atoms with Crippen molar-refractivity contribution in [3.05, 3.63) is 24.0 Å². The highest BCUT2D eigenvalue weighted by molar-refractivity contribution is 5.47. The van der Waals surface area contributed by atoms with Gasteiger partial charge < -0.3 is 11.1 Å². The number of rotatable bonds is 2. The standard InChI is InChI=1S/C12H19N3/c1-9-12(3-2-8-14-9)15-11-6-4-10(13)5-7-11/h2-3,8,10-11,15H,4-7,13H2,1H3. The van der Waals surface area contributed by atoms with E-state index in [9.17, 15) is 0 Å². The normalized spacial score (nSPS) is 26.3. The number of nitrogens with two attached hydrogens (primary N) is 1. The van der Waals surface area contributed by atoms with Gasteiger partial charge >= 0.3 is 0 Å². The predicted molar refractivity (Wildman–Crippen MR) is 62.8 cm³/mol. The first-order valence-corrected chi connectivity index (χ1v) is 5.69. The quantitative estimate of drug-likeness (QED) is 0.777. The van der Waals surface area contributed by atoms with Crippen LogP contribution < -0.4 is 11.1 Å². The Labute approximate surface area is 91.1 Å². The molecule has 0 atom stereocenters. The van der Waals surface area contributed by atoms with Crippen molar-refractivity contribution in [3.63, 3.8) is 0 Å². The van der Waals surface area contributed by atoms with Gasteiger partial charge in [0.1, 0.15) is 0 Å². The monoisotopic (exact) mass is 205 g/mol. The molecule has 82 valence electrons. The molecule has 0 radical (unpaired) electrons. The summed E-state index contributed by atoms with van der Waals surface area (Å²) in [7, 11) is 0. The third-order valence-electron chi connectivity index (χ3n) is 3.14. The third kappa shape index (κ3) is 2.69. The molecule has 0 aliphatic heterocycles. The van der Waals surface area contributed by atoms with E-state index in [2.05, 4.69) is 16.4 Å². The average molecular weight is 205 g/mol. The molecule has 0 bridgehead atoms. The molecule has 3 N–H and O–H groups in total. The predicted octanol–water partition coefficient (Wildman–Crippen LogP) is 2.07. The Morgan fingerprint density at radius 3 is 2.73 bits per heavy atom. The van der Waals surface area contributed by atoms with Crippen LogP contribution in [0.4, 0.5) is 5.69 Å². The number of anilines is 1. The molecule has 1 heterocycles. The molecule has 0 aromatic carbocycles. The molecule has 3 heteroatoms. The summed E-state index contributed by atoms with van der Waals surface area (Å²) in [6.07, 6.45) is 6.45. The second-order valence-electron chi connectivity index (χ2n) is 4.39. The van der Waals surface area contributed by atoms with Gasteiger partial charge in [0.25, 0.3) is 0 Å². The van der Waals surface area contributed by atoms with Gasteiger partial charge in [0, 0.05) is 18.3 Å². The summed E-state index contributed by atoms with van der Waals surface area (Å²) < 4.78 is 0. The Kier molecular flexibility index (Phi) is 3.21. The lowest BCUT2D eigenvalue weighted by Crippen LogP contribution is -2.32. The topological polar surface area (TPSA) is 50.9 Å². The van der Waals surface area contributed by atoms with E-state index in [4.69, 9.17) is 5.73 Å².